The topological polar surface area (TPSA) is 0 Å². The number of hydrogen-bond acceptors (Lipinski definition) is 0. The van der Waals surface area contributed by atoms with Crippen LogP contribution in [0.15, 0.2) is 54.6 Å². The Kier molecular flexibility index (Phi) is 3.76. The minimum atomic E-state index is -0.868. The number of aryl methyl sites for hydroxylation is 1. The van der Waals surface area contributed by atoms with Gasteiger partial charge in [-0.3, -0.25) is 0 Å². The zero-order valence-electron chi connectivity index (χ0n) is 9.66. The fraction of sp³-hybridized carbons (Fsp3) is 0.200. The molecule has 0 aliphatic carbocycles. The summed E-state index contributed by atoms with van der Waals surface area (Å²) in [7, 11) is 0. The monoisotopic (exact) mass is 264 g/mol. The SMILES string of the molecule is Cc1ccccc1C(Cl)(Cl)Cc1ccccc1. The molecule has 0 aliphatic heterocycles. The van der Waals surface area contributed by atoms with Crippen LogP contribution in [0.2, 0.25) is 0 Å². The van der Waals surface area contributed by atoms with Gasteiger partial charge in [-0.2, -0.15) is 0 Å². The first-order valence-corrected chi connectivity index (χ1v) is 6.33. The van der Waals surface area contributed by atoms with E-state index >= 15 is 0 Å². The maximum atomic E-state index is 6.47. The van der Waals surface area contributed by atoms with E-state index in [9.17, 15) is 0 Å². The van der Waals surface area contributed by atoms with E-state index in [4.69, 9.17) is 23.2 Å². The van der Waals surface area contributed by atoms with Gasteiger partial charge >= 0.3 is 0 Å². The summed E-state index contributed by atoms with van der Waals surface area (Å²) in [6.07, 6.45) is 0.613. The third-order valence-electron chi connectivity index (χ3n) is 2.81. The summed E-state index contributed by atoms with van der Waals surface area (Å²) in [5, 5.41) is 0. The predicted octanol–water partition coefficient (Wildman–Crippen LogP) is 4.87. The average Bonchev–Trinajstić information content (AvgIpc) is 2.30. The molecule has 88 valence electrons. The Morgan fingerprint density at radius 3 is 2.12 bits per heavy atom. The van der Waals surface area contributed by atoms with Crippen LogP contribution < -0.4 is 0 Å². The Balaban J connectivity index is 2.28. The van der Waals surface area contributed by atoms with Crippen molar-refractivity contribution in [3.05, 3.63) is 71.3 Å². The summed E-state index contributed by atoms with van der Waals surface area (Å²) < 4.78 is -0.868. The molecule has 0 radical (unpaired) electrons. The molecule has 0 saturated carbocycles. The molecule has 0 bridgehead atoms. The first-order valence-electron chi connectivity index (χ1n) is 5.57. The van der Waals surface area contributed by atoms with Crippen LogP contribution in [0.25, 0.3) is 0 Å². The second-order valence-electron chi connectivity index (χ2n) is 4.18. The number of benzene rings is 2. The molecule has 0 heterocycles. The Morgan fingerprint density at radius 1 is 0.882 bits per heavy atom. The molecule has 2 rings (SSSR count). The van der Waals surface area contributed by atoms with Crippen LogP contribution in [0.1, 0.15) is 16.7 Å². The van der Waals surface area contributed by atoms with Crippen molar-refractivity contribution in [1.29, 1.82) is 0 Å². The minimum absolute atomic E-state index is 0.613. The van der Waals surface area contributed by atoms with Crippen LogP contribution in [-0.4, -0.2) is 0 Å². The summed E-state index contributed by atoms with van der Waals surface area (Å²) >= 11 is 12.9. The van der Waals surface area contributed by atoms with E-state index in [1.807, 2.05) is 61.5 Å². The largest absolute Gasteiger partial charge is 0.147 e. The van der Waals surface area contributed by atoms with Gasteiger partial charge in [0.2, 0.25) is 0 Å². The average molecular weight is 265 g/mol. The normalized spacial score (nSPS) is 11.5. The Hall–Kier alpha value is -0.980. The van der Waals surface area contributed by atoms with E-state index < -0.39 is 4.33 Å². The van der Waals surface area contributed by atoms with E-state index in [-0.39, 0.29) is 0 Å². The maximum absolute atomic E-state index is 6.47. The van der Waals surface area contributed by atoms with Crippen LogP contribution in [-0.2, 0) is 10.8 Å². The van der Waals surface area contributed by atoms with Crippen molar-refractivity contribution in [2.75, 3.05) is 0 Å². The zero-order valence-corrected chi connectivity index (χ0v) is 11.2. The fourth-order valence-electron chi connectivity index (χ4n) is 1.93. The van der Waals surface area contributed by atoms with Crippen molar-refractivity contribution >= 4 is 23.2 Å². The molecule has 0 spiro atoms. The summed E-state index contributed by atoms with van der Waals surface area (Å²) in [5.74, 6) is 0. The smallest absolute Gasteiger partial charge is 0.0959 e. The Bertz CT molecular complexity index is 489. The summed E-state index contributed by atoms with van der Waals surface area (Å²) in [5.41, 5.74) is 3.24. The fourth-order valence-corrected chi connectivity index (χ4v) is 2.66. The van der Waals surface area contributed by atoms with Crippen LogP contribution in [0.4, 0.5) is 0 Å². The molecule has 0 N–H and O–H groups in total. The van der Waals surface area contributed by atoms with E-state index in [1.165, 1.54) is 0 Å². The number of alkyl halides is 2. The molecule has 0 nitrogen and oxygen atoms in total. The molecular weight excluding hydrogens is 251 g/mol. The lowest BCUT2D eigenvalue weighted by molar-refractivity contribution is 0.829. The van der Waals surface area contributed by atoms with Crippen molar-refractivity contribution in [3.8, 4) is 0 Å². The molecule has 2 heteroatoms. The van der Waals surface area contributed by atoms with Crippen LogP contribution in [0.3, 0.4) is 0 Å². The third-order valence-corrected chi connectivity index (χ3v) is 3.48. The van der Waals surface area contributed by atoms with E-state index in [0.717, 1.165) is 16.7 Å². The van der Waals surface area contributed by atoms with Gasteiger partial charge in [0, 0.05) is 6.42 Å². The van der Waals surface area contributed by atoms with Gasteiger partial charge in [-0.1, -0.05) is 77.8 Å². The van der Waals surface area contributed by atoms with Gasteiger partial charge in [0.25, 0.3) is 0 Å². The van der Waals surface area contributed by atoms with Crippen molar-refractivity contribution in [1.82, 2.24) is 0 Å². The lowest BCUT2D eigenvalue weighted by atomic mass is 9.99. The zero-order chi connectivity index (χ0) is 12.3. The summed E-state index contributed by atoms with van der Waals surface area (Å²) in [6, 6.07) is 18.0. The molecule has 0 saturated heterocycles. The van der Waals surface area contributed by atoms with Gasteiger partial charge in [-0.15, -0.1) is 0 Å². The molecule has 0 atom stereocenters. The third kappa shape index (κ3) is 3.02. The number of rotatable bonds is 3. The molecule has 0 amide bonds. The van der Waals surface area contributed by atoms with Crippen LogP contribution in [0.5, 0.6) is 0 Å². The predicted molar refractivity (Wildman–Crippen MR) is 74.7 cm³/mol. The summed E-state index contributed by atoms with van der Waals surface area (Å²) in [4.78, 5) is 0. The van der Waals surface area contributed by atoms with E-state index in [2.05, 4.69) is 0 Å². The standard InChI is InChI=1S/C15H14Cl2/c1-12-7-5-6-10-14(12)15(16,17)11-13-8-3-2-4-9-13/h2-10H,11H2,1H3. The number of hydrogen-bond donors (Lipinski definition) is 0. The van der Waals surface area contributed by atoms with Gasteiger partial charge in [0.1, 0.15) is 4.33 Å². The van der Waals surface area contributed by atoms with Crippen LogP contribution >= 0.6 is 23.2 Å². The summed E-state index contributed by atoms with van der Waals surface area (Å²) in [6.45, 7) is 2.03. The maximum Gasteiger partial charge on any atom is 0.147 e. The number of halogens is 2. The highest BCUT2D eigenvalue weighted by Crippen LogP contribution is 2.38. The molecule has 17 heavy (non-hydrogen) atoms. The molecule has 0 aromatic heterocycles. The second kappa shape index (κ2) is 5.12. The first-order chi connectivity index (χ1) is 8.09. The van der Waals surface area contributed by atoms with Crippen molar-refractivity contribution in [3.63, 3.8) is 0 Å². The van der Waals surface area contributed by atoms with E-state index in [0.29, 0.717) is 6.42 Å². The quantitative estimate of drug-likeness (QED) is 0.694. The highest BCUT2D eigenvalue weighted by atomic mass is 35.5. The van der Waals surface area contributed by atoms with Gasteiger partial charge in [0.15, 0.2) is 0 Å². The Labute approximate surface area is 112 Å². The van der Waals surface area contributed by atoms with Crippen LogP contribution in [0, 0.1) is 6.92 Å². The highest BCUT2D eigenvalue weighted by Gasteiger charge is 2.28. The molecule has 0 aliphatic rings. The molecular formula is C15H14Cl2. The van der Waals surface area contributed by atoms with Crippen molar-refractivity contribution in [2.45, 2.75) is 17.7 Å². The van der Waals surface area contributed by atoms with Gasteiger partial charge < -0.3 is 0 Å². The molecule has 0 unspecified atom stereocenters. The molecule has 2 aromatic carbocycles. The lowest BCUT2D eigenvalue weighted by Gasteiger charge is -2.22. The molecule has 0 fully saturated rings. The lowest BCUT2D eigenvalue weighted by Crippen LogP contribution is -2.15. The highest BCUT2D eigenvalue weighted by molar-refractivity contribution is 6.48. The first kappa shape index (κ1) is 12.5. The van der Waals surface area contributed by atoms with Gasteiger partial charge in [0.05, 0.1) is 0 Å². The van der Waals surface area contributed by atoms with E-state index in [1.54, 1.807) is 0 Å². The minimum Gasteiger partial charge on any atom is -0.0959 e. The second-order valence-corrected chi connectivity index (χ2v) is 5.67. The van der Waals surface area contributed by atoms with Gasteiger partial charge in [-0.25, -0.2) is 0 Å². The van der Waals surface area contributed by atoms with Gasteiger partial charge in [-0.05, 0) is 23.6 Å². The molecule has 2 aromatic rings. The van der Waals surface area contributed by atoms with Crippen molar-refractivity contribution < 1.29 is 0 Å². The van der Waals surface area contributed by atoms with Crippen molar-refractivity contribution in [2.24, 2.45) is 0 Å². The Morgan fingerprint density at radius 2 is 1.47 bits per heavy atom.